The van der Waals surface area contributed by atoms with E-state index in [9.17, 15) is 4.79 Å². The molecule has 1 saturated carbocycles. The van der Waals surface area contributed by atoms with E-state index < -0.39 is 0 Å². The molecular formula is C9H10O4. The van der Waals surface area contributed by atoms with Crippen molar-refractivity contribution in [1.82, 2.24) is 0 Å². The van der Waals surface area contributed by atoms with Crippen molar-refractivity contribution < 1.29 is 19.0 Å². The molecule has 4 rings (SSSR count). The minimum absolute atomic E-state index is 0.0716. The Balaban J connectivity index is 1.86. The van der Waals surface area contributed by atoms with Crippen LogP contribution in [0.25, 0.3) is 0 Å². The molecule has 4 nitrogen and oxygen atoms in total. The summed E-state index contributed by atoms with van der Waals surface area (Å²) in [5.74, 6) is 1.24. The molecule has 4 fully saturated rings. The molecule has 4 aliphatic rings. The van der Waals surface area contributed by atoms with Crippen LogP contribution in [0.5, 0.6) is 0 Å². The summed E-state index contributed by atoms with van der Waals surface area (Å²) < 4.78 is 16.2. The van der Waals surface area contributed by atoms with Gasteiger partial charge in [0.05, 0.1) is 12.5 Å². The van der Waals surface area contributed by atoms with E-state index in [4.69, 9.17) is 14.2 Å². The van der Waals surface area contributed by atoms with Gasteiger partial charge in [0.15, 0.2) is 6.29 Å². The summed E-state index contributed by atoms with van der Waals surface area (Å²) in [4.78, 5) is 11.5. The van der Waals surface area contributed by atoms with Gasteiger partial charge in [0.2, 0.25) is 6.29 Å². The first kappa shape index (κ1) is 6.79. The molecule has 0 amide bonds. The molecule has 3 saturated heterocycles. The number of esters is 1. The van der Waals surface area contributed by atoms with Gasteiger partial charge >= 0.3 is 5.97 Å². The number of ether oxygens (including phenoxy) is 3. The fourth-order valence-electron chi connectivity index (χ4n) is 3.40. The minimum Gasteiger partial charge on any atom is -0.435 e. The minimum atomic E-state index is -0.302. The lowest BCUT2D eigenvalue weighted by molar-refractivity contribution is -0.217. The Kier molecular flexibility index (Phi) is 0.996. The summed E-state index contributed by atoms with van der Waals surface area (Å²) in [6.07, 6.45) is 0.570. The number of carbonyl (C=O) groups is 1. The number of fused-ring (bicyclic) bond motifs is 2. The smallest absolute Gasteiger partial charge is 0.311 e. The van der Waals surface area contributed by atoms with E-state index >= 15 is 0 Å². The molecule has 1 aliphatic carbocycles. The van der Waals surface area contributed by atoms with Gasteiger partial charge in [0.25, 0.3) is 0 Å². The summed E-state index contributed by atoms with van der Waals surface area (Å²) in [5.41, 5.74) is 0. The molecule has 0 radical (unpaired) electrons. The Labute approximate surface area is 75.1 Å². The van der Waals surface area contributed by atoms with Crippen molar-refractivity contribution >= 4 is 5.97 Å². The summed E-state index contributed by atoms with van der Waals surface area (Å²) in [5, 5.41) is 0. The Bertz CT molecular complexity index is 289. The zero-order valence-corrected chi connectivity index (χ0v) is 7.01. The molecule has 6 atom stereocenters. The molecule has 0 aromatic rings. The molecule has 2 bridgehead atoms. The molecule has 4 heteroatoms. The molecule has 0 N–H and O–H groups in total. The maximum atomic E-state index is 11.5. The highest BCUT2D eigenvalue weighted by Gasteiger charge is 2.65. The van der Waals surface area contributed by atoms with E-state index in [2.05, 4.69) is 0 Å². The zero-order valence-electron chi connectivity index (χ0n) is 7.01. The number of hydrogen-bond acceptors (Lipinski definition) is 4. The second kappa shape index (κ2) is 1.91. The Morgan fingerprint density at radius 3 is 3.08 bits per heavy atom. The van der Waals surface area contributed by atoms with Crippen LogP contribution < -0.4 is 0 Å². The highest BCUT2D eigenvalue weighted by atomic mass is 16.8. The maximum absolute atomic E-state index is 11.5. The standard InChI is InChI=1S/C9H10O4/c10-7-3-1-4-6-5(3)2-11-9(6)13-8(4)12-7/h3-6,8-9H,1-2H2/t3-,4+,5-,6+,8-,9+/m0/s1. The van der Waals surface area contributed by atoms with Crippen molar-refractivity contribution in [2.45, 2.75) is 19.0 Å². The highest BCUT2D eigenvalue weighted by Crippen LogP contribution is 2.57. The van der Waals surface area contributed by atoms with Crippen LogP contribution in [0.15, 0.2) is 0 Å². The van der Waals surface area contributed by atoms with Crippen LogP contribution >= 0.6 is 0 Å². The third kappa shape index (κ3) is 0.616. The molecule has 3 heterocycles. The van der Waals surface area contributed by atoms with Gasteiger partial charge in [-0.15, -0.1) is 0 Å². The first-order valence-electron chi connectivity index (χ1n) is 4.82. The highest BCUT2D eigenvalue weighted by molar-refractivity contribution is 5.74. The first-order valence-corrected chi connectivity index (χ1v) is 4.82. The molecule has 70 valence electrons. The van der Waals surface area contributed by atoms with Crippen molar-refractivity contribution in [3.63, 3.8) is 0 Å². The van der Waals surface area contributed by atoms with E-state index in [0.717, 1.165) is 6.42 Å². The summed E-state index contributed by atoms with van der Waals surface area (Å²) >= 11 is 0. The second-order valence-electron chi connectivity index (χ2n) is 4.39. The second-order valence-corrected chi connectivity index (χ2v) is 4.39. The third-order valence-electron chi connectivity index (χ3n) is 3.95. The van der Waals surface area contributed by atoms with E-state index in [-0.39, 0.29) is 24.5 Å². The van der Waals surface area contributed by atoms with Crippen molar-refractivity contribution in [2.24, 2.45) is 23.7 Å². The van der Waals surface area contributed by atoms with E-state index in [1.54, 1.807) is 0 Å². The van der Waals surface area contributed by atoms with Gasteiger partial charge in [-0.3, -0.25) is 4.79 Å². The van der Waals surface area contributed by atoms with Gasteiger partial charge in [-0.2, -0.15) is 0 Å². The molecule has 0 unspecified atom stereocenters. The normalized spacial score (nSPS) is 61.4. The van der Waals surface area contributed by atoms with Crippen LogP contribution in [0.2, 0.25) is 0 Å². The van der Waals surface area contributed by atoms with Crippen molar-refractivity contribution in [3.05, 3.63) is 0 Å². The lowest BCUT2D eigenvalue weighted by Gasteiger charge is -2.24. The number of carbonyl (C=O) groups excluding carboxylic acids is 1. The van der Waals surface area contributed by atoms with Crippen molar-refractivity contribution in [1.29, 1.82) is 0 Å². The van der Waals surface area contributed by atoms with Gasteiger partial charge in [-0.05, 0) is 6.42 Å². The molecule has 3 aliphatic heterocycles. The van der Waals surface area contributed by atoms with E-state index in [0.29, 0.717) is 24.4 Å². The number of hydrogen-bond donors (Lipinski definition) is 0. The van der Waals surface area contributed by atoms with Crippen LogP contribution in [-0.2, 0) is 19.0 Å². The Hall–Kier alpha value is -0.610. The topological polar surface area (TPSA) is 44.8 Å². The van der Waals surface area contributed by atoms with Crippen LogP contribution in [0, 0.1) is 23.7 Å². The molecule has 0 aromatic heterocycles. The first-order chi connectivity index (χ1) is 6.34. The van der Waals surface area contributed by atoms with Crippen LogP contribution in [0.3, 0.4) is 0 Å². The van der Waals surface area contributed by atoms with Crippen molar-refractivity contribution in [2.75, 3.05) is 6.61 Å². The third-order valence-corrected chi connectivity index (χ3v) is 3.95. The fourth-order valence-corrected chi connectivity index (χ4v) is 3.40. The predicted octanol–water partition coefficient (Wildman–Crippen LogP) is 0.124. The summed E-state index contributed by atoms with van der Waals surface area (Å²) in [7, 11) is 0. The fraction of sp³-hybridized carbons (Fsp3) is 0.889. The zero-order chi connectivity index (χ0) is 8.58. The number of rotatable bonds is 0. The van der Waals surface area contributed by atoms with Crippen molar-refractivity contribution in [3.8, 4) is 0 Å². The average molecular weight is 182 g/mol. The van der Waals surface area contributed by atoms with Crippen LogP contribution in [0.4, 0.5) is 0 Å². The quantitative estimate of drug-likeness (QED) is 0.499. The van der Waals surface area contributed by atoms with E-state index in [1.807, 2.05) is 0 Å². The van der Waals surface area contributed by atoms with Crippen LogP contribution in [-0.4, -0.2) is 25.2 Å². The van der Waals surface area contributed by atoms with Gasteiger partial charge < -0.3 is 14.2 Å². The maximum Gasteiger partial charge on any atom is 0.311 e. The summed E-state index contributed by atoms with van der Waals surface area (Å²) in [6.45, 7) is 0.679. The monoisotopic (exact) mass is 182 g/mol. The molecule has 0 spiro atoms. The largest absolute Gasteiger partial charge is 0.435 e. The SMILES string of the molecule is O=C1O[C@H]2O[C@H]3OC[C@@H]4[C@H]3[C@H]2C[C@H]14. The van der Waals surface area contributed by atoms with Gasteiger partial charge in [-0.1, -0.05) is 0 Å². The molecule has 0 aromatic carbocycles. The predicted molar refractivity (Wildman–Crippen MR) is 39.3 cm³/mol. The van der Waals surface area contributed by atoms with Gasteiger partial charge in [0, 0.05) is 17.8 Å². The molecular weight excluding hydrogens is 172 g/mol. The van der Waals surface area contributed by atoms with Gasteiger partial charge in [-0.25, -0.2) is 0 Å². The summed E-state index contributed by atoms with van der Waals surface area (Å²) in [6, 6.07) is 0. The molecule has 13 heavy (non-hydrogen) atoms. The Morgan fingerprint density at radius 1 is 1.23 bits per heavy atom. The lowest BCUT2D eigenvalue weighted by Crippen LogP contribution is -2.33. The van der Waals surface area contributed by atoms with Crippen LogP contribution in [0.1, 0.15) is 6.42 Å². The lowest BCUT2D eigenvalue weighted by atomic mass is 9.91. The van der Waals surface area contributed by atoms with Gasteiger partial charge in [0.1, 0.15) is 0 Å². The average Bonchev–Trinajstić information content (AvgIpc) is 2.66. The van der Waals surface area contributed by atoms with E-state index in [1.165, 1.54) is 0 Å². The Morgan fingerprint density at radius 2 is 2.15 bits per heavy atom.